The number of hydrogen-bond acceptors (Lipinski definition) is 7. The SMILES string of the molecule is Cc1c(C(=O)Nc2cc(N3CCN(Cc4ccccc4)CC3)ncn2)cccc1[N+](=O)[O-]. The Hall–Kier alpha value is -3.85. The number of nitro groups is 1. The number of rotatable bonds is 6. The maximum absolute atomic E-state index is 12.7. The van der Waals surface area contributed by atoms with E-state index in [-0.39, 0.29) is 11.3 Å². The van der Waals surface area contributed by atoms with Gasteiger partial charge in [-0.05, 0) is 18.6 Å². The van der Waals surface area contributed by atoms with Crippen molar-refractivity contribution in [3.05, 3.63) is 87.7 Å². The van der Waals surface area contributed by atoms with Crippen molar-refractivity contribution in [2.75, 3.05) is 36.4 Å². The number of hydrogen-bond donors (Lipinski definition) is 1. The van der Waals surface area contributed by atoms with Gasteiger partial charge < -0.3 is 10.2 Å². The highest BCUT2D eigenvalue weighted by atomic mass is 16.6. The molecule has 9 heteroatoms. The minimum atomic E-state index is -0.494. The number of anilines is 2. The van der Waals surface area contributed by atoms with Gasteiger partial charge in [0.15, 0.2) is 0 Å². The second-order valence-electron chi connectivity index (χ2n) is 7.67. The average Bonchev–Trinajstić information content (AvgIpc) is 2.80. The van der Waals surface area contributed by atoms with Crippen molar-refractivity contribution in [2.24, 2.45) is 0 Å². The molecular weight excluding hydrogens is 408 g/mol. The van der Waals surface area contributed by atoms with Crippen LogP contribution in [0.4, 0.5) is 17.3 Å². The number of nitrogens with one attached hydrogen (secondary N) is 1. The third kappa shape index (κ3) is 4.89. The number of carbonyl (C=O) groups excluding carboxylic acids is 1. The van der Waals surface area contributed by atoms with Crippen LogP contribution in [0.1, 0.15) is 21.5 Å². The van der Waals surface area contributed by atoms with Gasteiger partial charge in [0, 0.05) is 56.0 Å². The van der Waals surface area contributed by atoms with Crippen LogP contribution in [0.3, 0.4) is 0 Å². The molecule has 3 aromatic rings. The first-order valence-electron chi connectivity index (χ1n) is 10.4. The summed E-state index contributed by atoms with van der Waals surface area (Å²) in [5.74, 6) is 0.659. The summed E-state index contributed by atoms with van der Waals surface area (Å²) >= 11 is 0. The van der Waals surface area contributed by atoms with Crippen LogP contribution in [0.15, 0.2) is 60.9 Å². The zero-order chi connectivity index (χ0) is 22.5. The van der Waals surface area contributed by atoms with E-state index in [4.69, 9.17) is 0 Å². The van der Waals surface area contributed by atoms with E-state index in [1.807, 2.05) is 6.07 Å². The van der Waals surface area contributed by atoms with Crippen LogP contribution in [-0.2, 0) is 6.54 Å². The number of nitrogens with zero attached hydrogens (tertiary/aromatic N) is 5. The van der Waals surface area contributed by atoms with Crippen molar-refractivity contribution in [3.63, 3.8) is 0 Å². The Balaban J connectivity index is 1.40. The lowest BCUT2D eigenvalue weighted by Crippen LogP contribution is -2.46. The second kappa shape index (κ2) is 9.52. The van der Waals surface area contributed by atoms with Crippen LogP contribution in [0.25, 0.3) is 0 Å². The maximum atomic E-state index is 12.7. The van der Waals surface area contributed by atoms with Crippen molar-refractivity contribution >= 4 is 23.2 Å². The smallest absolute Gasteiger partial charge is 0.273 e. The van der Waals surface area contributed by atoms with Crippen LogP contribution < -0.4 is 10.2 Å². The van der Waals surface area contributed by atoms with E-state index in [0.29, 0.717) is 11.4 Å². The molecule has 1 aromatic heterocycles. The highest BCUT2D eigenvalue weighted by Gasteiger charge is 2.21. The van der Waals surface area contributed by atoms with E-state index >= 15 is 0 Å². The first-order valence-corrected chi connectivity index (χ1v) is 10.4. The molecule has 4 rings (SSSR count). The molecule has 0 saturated carbocycles. The highest BCUT2D eigenvalue weighted by Crippen LogP contribution is 2.23. The molecular formula is C23H24N6O3. The predicted octanol–water partition coefficient (Wildman–Crippen LogP) is 3.27. The largest absolute Gasteiger partial charge is 0.354 e. The number of amides is 1. The molecule has 0 bridgehead atoms. The lowest BCUT2D eigenvalue weighted by molar-refractivity contribution is -0.385. The minimum absolute atomic E-state index is 0.0885. The zero-order valence-corrected chi connectivity index (χ0v) is 17.8. The van der Waals surface area contributed by atoms with Crippen molar-refractivity contribution in [1.29, 1.82) is 0 Å². The Kier molecular flexibility index (Phi) is 6.37. The van der Waals surface area contributed by atoms with E-state index in [0.717, 1.165) is 38.5 Å². The second-order valence-corrected chi connectivity index (χ2v) is 7.67. The van der Waals surface area contributed by atoms with E-state index in [1.54, 1.807) is 19.1 Å². The van der Waals surface area contributed by atoms with Crippen molar-refractivity contribution in [2.45, 2.75) is 13.5 Å². The monoisotopic (exact) mass is 432 g/mol. The molecule has 1 amide bonds. The lowest BCUT2D eigenvalue weighted by atomic mass is 10.1. The number of aromatic nitrogens is 2. The summed E-state index contributed by atoms with van der Waals surface area (Å²) in [5.41, 5.74) is 1.77. The summed E-state index contributed by atoms with van der Waals surface area (Å²) < 4.78 is 0. The van der Waals surface area contributed by atoms with Crippen molar-refractivity contribution in [3.8, 4) is 0 Å². The molecule has 164 valence electrons. The first kappa shape index (κ1) is 21.4. The van der Waals surface area contributed by atoms with Crippen LogP contribution in [-0.4, -0.2) is 51.9 Å². The Labute approximate surface area is 185 Å². The third-order valence-electron chi connectivity index (χ3n) is 5.59. The van der Waals surface area contributed by atoms with Gasteiger partial charge in [-0.15, -0.1) is 0 Å². The number of carbonyl (C=O) groups is 1. The molecule has 1 N–H and O–H groups in total. The van der Waals surface area contributed by atoms with E-state index in [1.165, 1.54) is 24.0 Å². The van der Waals surface area contributed by atoms with Gasteiger partial charge in [-0.25, -0.2) is 9.97 Å². The summed E-state index contributed by atoms with van der Waals surface area (Å²) in [6.45, 7) is 5.94. The first-order chi connectivity index (χ1) is 15.5. The molecule has 2 heterocycles. The Morgan fingerprint density at radius 3 is 2.53 bits per heavy atom. The molecule has 1 aliphatic rings. The summed E-state index contributed by atoms with van der Waals surface area (Å²) in [6.07, 6.45) is 1.42. The molecule has 0 spiro atoms. The molecule has 9 nitrogen and oxygen atoms in total. The van der Waals surface area contributed by atoms with Gasteiger partial charge in [0.25, 0.3) is 11.6 Å². The highest BCUT2D eigenvalue weighted by molar-refractivity contribution is 6.05. The fourth-order valence-corrected chi connectivity index (χ4v) is 3.82. The fraction of sp³-hybridized carbons (Fsp3) is 0.261. The van der Waals surface area contributed by atoms with Gasteiger partial charge in [0.2, 0.25) is 0 Å². The molecule has 0 aliphatic carbocycles. The molecule has 0 unspecified atom stereocenters. The van der Waals surface area contributed by atoms with E-state index in [9.17, 15) is 14.9 Å². The van der Waals surface area contributed by atoms with Gasteiger partial charge in [0.1, 0.15) is 18.0 Å². The Bertz CT molecular complexity index is 1110. The van der Waals surface area contributed by atoms with Gasteiger partial charge in [-0.2, -0.15) is 0 Å². The Morgan fingerprint density at radius 1 is 1.06 bits per heavy atom. The number of nitro benzene ring substituents is 1. The van der Waals surface area contributed by atoms with Gasteiger partial charge in [0.05, 0.1) is 4.92 Å². The van der Waals surface area contributed by atoms with E-state index in [2.05, 4.69) is 49.4 Å². The van der Waals surface area contributed by atoms with Gasteiger partial charge in [-0.3, -0.25) is 19.8 Å². The van der Waals surface area contributed by atoms with Crippen LogP contribution >= 0.6 is 0 Å². The van der Waals surface area contributed by atoms with Crippen LogP contribution in [0.2, 0.25) is 0 Å². The topological polar surface area (TPSA) is 104 Å². The van der Waals surface area contributed by atoms with Gasteiger partial charge in [-0.1, -0.05) is 36.4 Å². The number of piperazine rings is 1. The third-order valence-corrected chi connectivity index (χ3v) is 5.59. The van der Waals surface area contributed by atoms with Gasteiger partial charge >= 0.3 is 0 Å². The van der Waals surface area contributed by atoms with E-state index < -0.39 is 10.8 Å². The molecule has 32 heavy (non-hydrogen) atoms. The molecule has 1 fully saturated rings. The summed E-state index contributed by atoms with van der Waals surface area (Å²) in [7, 11) is 0. The Morgan fingerprint density at radius 2 is 1.81 bits per heavy atom. The standard InChI is InChI=1S/C23H24N6O3/c1-17-19(8-5-9-20(17)29(31)32)23(30)26-21-14-22(25-16-24-21)28-12-10-27(11-13-28)15-18-6-3-2-4-7-18/h2-9,14,16H,10-13,15H2,1H3,(H,24,25,26,30). The van der Waals surface area contributed by atoms with Crippen molar-refractivity contribution < 1.29 is 9.72 Å². The minimum Gasteiger partial charge on any atom is -0.354 e. The maximum Gasteiger partial charge on any atom is 0.273 e. The zero-order valence-electron chi connectivity index (χ0n) is 17.8. The normalized spacial score (nSPS) is 14.2. The molecule has 1 saturated heterocycles. The van der Waals surface area contributed by atoms with Crippen LogP contribution in [0, 0.1) is 17.0 Å². The lowest BCUT2D eigenvalue weighted by Gasteiger charge is -2.35. The quantitative estimate of drug-likeness (QED) is 0.471. The molecule has 0 atom stereocenters. The van der Waals surface area contributed by atoms with Crippen LogP contribution in [0.5, 0.6) is 0 Å². The summed E-state index contributed by atoms with van der Waals surface area (Å²) in [6, 6.07) is 16.6. The van der Waals surface area contributed by atoms with Crippen molar-refractivity contribution in [1.82, 2.24) is 14.9 Å². The summed E-state index contributed by atoms with van der Waals surface area (Å²) in [5, 5.41) is 13.9. The summed E-state index contributed by atoms with van der Waals surface area (Å²) in [4.78, 5) is 36.4. The molecule has 0 radical (unpaired) electrons. The molecule has 1 aliphatic heterocycles. The predicted molar refractivity (Wildman–Crippen MR) is 122 cm³/mol. The fourth-order valence-electron chi connectivity index (χ4n) is 3.82. The number of benzene rings is 2. The average molecular weight is 432 g/mol. The molecule has 2 aromatic carbocycles.